The Morgan fingerprint density at radius 2 is 1.86 bits per heavy atom. The highest BCUT2D eigenvalue weighted by Crippen LogP contribution is 2.24. The predicted octanol–water partition coefficient (Wildman–Crippen LogP) is 1.68. The smallest absolute Gasteiger partial charge is 0.306 e. The molecule has 1 aromatic rings. The number of aliphatic hydroxyl groups is 1. The van der Waals surface area contributed by atoms with Crippen molar-refractivity contribution in [1.29, 1.82) is 0 Å². The number of carbonyl (C=O) groups is 1. The lowest BCUT2D eigenvalue weighted by atomic mass is 9.92. The summed E-state index contributed by atoms with van der Waals surface area (Å²) >= 11 is 0. The molecule has 0 radical (unpaired) electrons. The van der Waals surface area contributed by atoms with Gasteiger partial charge in [-0.25, -0.2) is 0 Å². The van der Waals surface area contributed by atoms with Gasteiger partial charge in [-0.2, -0.15) is 0 Å². The maximum absolute atomic E-state index is 10.5. The highest BCUT2D eigenvalue weighted by Gasteiger charge is 2.26. The molecule has 0 spiro atoms. The van der Waals surface area contributed by atoms with Crippen molar-refractivity contribution in [1.82, 2.24) is 0 Å². The molecule has 0 amide bonds. The average molecular weight is 194 g/mol. The average Bonchev–Trinajstić information content (AvgIpc) is 2.02. The van der Waals surface area contributed by atoms with Crippen molar-refractivity contribution < 1.29 is 15.0 Å². The Morgan fingerprint density at radius 3 is 2.29 bits per heavy atom. The molecule has 1 rings (SSSR count). The topological polar surface area (TPSA) is 57.5 Å². The molecule has 0 bridgehead atoms. The van der Waals surface area contributed by atoms with Gasteiger partial charge >= 0.3 is 5.97 Å². The number of aliphatic carboxylic acids is 1. The molecule has 3 heteroatoms. The van der Waals surface area contributed by atoms with Crippen LogP contribution in [0.25, 0.3) is 0 Å². The molecule has 76 valence electrons. The lowest BCUT2D eigenvalue weighted by Gasteiger charge is -2.21. The van der Waals surface area contributed by atoms with Crippen molar-refractivity contribution >= 4 is 5.97 Å². The van der Waals surface area contributed by atoms with Crippen LogP contribution in [-0.4, -0.2) is 16.2 Å². The summed E-state index contributed by atoms with van der Waals surface area (Å²) in [5, 5.41) is 18.5. The Hall–Kier alpha value is -1.35. The van der Waals surface area contributed by atoms with Gasteiger partial charge in [0.25, 0.3) is 0 Å². The summed E-state index contributed by atoms with van der Waals surface area (Å²) in [5.74, 6) is -1.00. The van der Waals surface area contributed by atoms with E-state index >= 15 is 0 Å². The molecule has 0 aliphatic carbocycles. The van der Waals surface area contributed by atoms with Crippen LogP contribution in [0.15, 0.2) is 24.3 Å². The Kier molecular flexibility index (Phi) is 2.91. The van der Waals surface area contributed by atoms with E-state index in [9.17, 15) is 9.90 Å². The van der Waals surface area contributed by atoms with Crippen molar-refractivity contribution in [2.45, 2.75) is 25.9 Å². The van der Waals surface area contributed by atoms with Gasteiger partial charge in [0.05, 0.1) is 12.0 Å². The van der Waals surface area contributed by atoms with E-state index in [1.54, 1.807) is 12.1 Å². The summed E-state index contributed by atoms with van der Waals surface area (Å²) in [6.45, 7) is 3.45. The van der Waals surface area contributed by atoms with Crippen LogP contribution in [0.5, 0.6) is 0 Å². The molecule has 0 aliphatic heterocycles. The van der Waals surface area contributed by atoms with E-state index in [1.807, 2.05) is 19.1 Å². The fraction of sp³-hybridized carbons (Fsp3) is 0.364. The Labute approximate surface area is 83.0 Å². The third-order valence-electron chi connectivity index (χ3n) is 2.17. The lowest BCUT2D eigenvalue weighted by molar-refractivity contribution is -0.142. The SMILES string of the molecule is Cc1ccc(C(C)(O)CC(=O)O)cc1. The van der Waals surface area contributed by atoms with Crippen LogP contribution < -0.4 is 0 Å². The number of aryl methyl sites for hydroxylation is 1. The van der Waals surface area contributed by atoms with Crippen molar-refractivity contribution in [3.63, 3.8) is 0 Å². The van der Waals surface area contributed by atoms with E-state index < -0.39 is 11.6 Å². The molecule has 1 aromatic carbocycles. The second kappa shape index (κ2) is 3.80. The van der Waals surface area contributed by atoms with E-state index in [0.29, 0.717) is 5.56 Å². The molecule has 0 saturated heterocycles. The second-order valence-corrected chi connectivity index (χ2v) is 3.71. The van der Waals surface area contributed by atoms with Crippen LogP contribution in [0.1, 0.15) is 24.5 Å². The first kappa shape index (κ1) is 10.7. The van der Waals surface area contributed by atoms with Crippen LogP contribution in [0.4, 0.5) is 0 Å². The van der Waals surface area contributed by atoms with Gasteiger partial charge < -0.3 is 10.2 Å². The highest BCUT2D eigenvalue weighted by atomic mass is 16.4. The summed E-state index contributed by atoms with van der Waals surface area (Å²) in [6, 6.07) is 7.20. The van der Waals surface area contributed by atoms with Crippen LogP contribution in [0.2, 0.25) is 0 Å². The Morgan fingerprint density at radius 1 is 1.36 bits per heavy atom. The first-order valence-corrected chi connectivity index (χ1v) is 4.43. The minimum Gasteiger partial charge on any atom is -0.481 e. The van der Waals surface area contributed by atoms with Gasteiger partial charge in [0, 0.05) is 0 Å². The molecule has 0 saturated carbocycles. The van der Waals surface area contributed by atoms with Gasteiger partial charge in [0.15, 0.2) is 0 Å². The highest BCUT2D eigenvalue weighted by molar-refractivity contribution is 5.68. The molecule has 0 fully saturated rings. The van der Waals surface area contributed by atoms with E-state index in [-0.39, 0.29) is 6.42 Å². The molecule has 14 heavy (non-hydrogen) atoms. The molecule has 0 heterocycles. The van der Waals surface area contributed by atoms with Crippen LogP contribution in [0.3, 0.4) is 0 Å². The van der Waals surface area contributed by atoms with E-state index in [2.05, 4.69) is 0 Å². The van der Waals surface area contributed by atoms with Crippen molar-refractivity contribution in [3.8, 4) is 0 Å². The number of rotatable bonds is 3. The van der Waals surface area contributed by atoms with E-state index in [0.717, 1.165) is 5.56 Å². The number of carboxylic acid groups (broad SMARTS) is 1. The zero-order valence-corrected chi connectivity index (χ0v) is 8.32. The zero-order chi connectivity index (χ0) is 10.8. The Balaban J connectivity index is 2.91. The summed E-state index contributed by atoms with van der Waals surface area (Å²) in [5.41, 5.74) is 0.421. The molecule has 1 atom stereocenters. The van der Waals surface area contributed by atoms with Gasteiger partial charge in [-0.15, -0.1) is 0 Å². The van der Waals surface area contributed by atoms with E-state index in [1.165, 1.54) is 6.92 Å². The normalized spacial score (nSPS) is 14.8. The Bertz CT molecular complexity index is 325. The monoisotopic (exact) mass is 194 g/mol. The third-order valence-corrected chi connectivity index (χ3v) is 2.17. The maximum Gasteiger partial charge on any atom is 0.306 e. The van der Waals surface area contributed by atoms with Gasteiger partial charge in [0.2, 0.25) is 0 Å². The first-order valence-electron chi connectivity index (χ1n) is 4.43. The summed E-state index contributed by atoms with van der Waals surface area (Å²) in [7, 11) is 0. The molecule has 0 aliphatic rings. The largest absolute Gasteiger partial charge is 0.481 e. The van der Waals surface area contributed by atoms with Crippen LogP contribution in [-0.2, 0) is 10.4 Å². The minimum atomic E-state index is -1.29. The zero-order valence-electron chi connectivity index (χ0n) is 8.32. The standard InChI is InChI=1S/C11H14O3/c1-8-3-5-9(6-4-8)11(2,14)7-10(12)13/h3-6,14H,7H2,1-2H3,(H,12,13). The van der Waals surface area contributed by atoms with Gasteiger partial charge in [-0.05, 0) is 19.4 Å². The minimum absolute atomic E-state index is 0.282. The number of hydrogen-bond donors (Lipinski definition) is 2. The predicted molar refractivity (Wildman–Crippen MR) is 53.0 cm³/mol. The van der Waals surface area contributed by atoms with Crippen molar-refractivity contribution in [2.24, 2.45) is 0 Å². The second-order valence-electron chi connectivity index (χ2n) is 3.71. The van der Waals surface area contributed by atoms with Crippen molar-refractivity contribution in [3.05, 3.63) is 35.4 Å². The maximum atomic E-state index is 10.5. The van der Waals surface area contributed by atoms with Crippen LogP contribution in [0, 0.1) is 6.92 Å². The molecular formula is C11H14O3. The van der Waals surface area contributed by atoms with Gasteiger partial charge in [-0.3, -0.25) is 4.79 Å². The van der Waals surface area contributed by atoms with Gasteiger partial charge in [-0.1, -0.05) is 29.8 Å². The van der Waals surface area contributed by atoms with E-state index in [4.69, 9.17) is 5.11 Å². The van der Waals surface area contributed by atoms with Crippen LogP contribution >= 0.6 is 0 Å². The third kappa shape index (κ3) is 2.57. The molecule has 1 unspecified atom stereocenters. The lowest BCUT2D eigenvalue weighted by Crippen LogP contribution is -2.24. The quantitative estimate of drug-likeness (QED) is 0.769. The number of hydrogen-bond acceptors (Lipinski definition) is 2. The first-order chi connectivity index (χ1) is 6.42. The fourth-order valence-electron chi connectivity index (χ4n) is 1.31. The molecule has 0 aromatic heterocycles. The van der Waals surface area contributed by atoms with Crippen molar-refractivity contribution in [2.75, 3.05) is 0 Å². The fourth-order valence-corrected chi connectivity index (χ4v) is 1.31. The summed E-state index contributed by atoms with van der Waals surface area (Å²) in [4.78, 5) is 10.5. The molecule has 3 nitrogen and oxygen atoms in total. The summed E-state index contributed by atoms with van der Waals surface area (Å²) < 4.78 is 0. The summed E-state index contributed by atoms with van der Waals surface area (Å²) in [6.07, 6.45) is -0.282. The number of carboxylic acids is 1. The molecule has 2 N–H and O–H groups in total. The number of benzene rings is 1. The molecular weight excluding hydrogens is 180 g/mol. The van der Waals surface area contributed by atoms with Gasteiger partial charge in [0.1, 0.15) is 0 Å².